The fourth-order valence-corrected chi connectivity index (χ4v) is 3.17. The molecule has 1 N–H and O–H groups in total. The van der Waals surface area contributed by atoms with Gasteiger partial charge >= 0.3 is 0 Å². The Balaban J connectivity index is 1.56. The third-order valence-electron chi connectivity index (χ3n) is 4.12. The number of likely N-dealkylation sites (tertiary alicyclic amines) is 1. The van der Waals surface area contributed by atoms with Crippen molar-refractivity contribution in [1.29, 1.82) is 0 Å². The first kappa shape index (κ1) is 14.4. The van der Waals surface area contributed by atoms with Crippen LogP contribution in [0.1, 0.15) is 29.9 Å². The van der Waals surface area contributed by atoms with E-state index in [0.29, 0.717) is 16.7 Å². The van der Waals surface area contributed by atoms with E-state index in [-0.39, 0.29) is 0 Å². The van der Waals surface area contributed by atoms with Gasteiger partial charge in [0.15, 0.2) is 0 Å². The van der Waals surface area contributed by atoms with E-state index in [9.17, 15) is 5.11 Å². The zero-order valence-electron chi connectivity index (χ0n) is 11.9. The number of phenols is 1. The fourth-order valence-electron chi connectivity index (χ4n) is 2.97. The van der Waals surface area contributed by atoms with Crippen molar-refractivity contribution in [2.45, 2.75) is 25.3 Å². The van der Waals surface area contributed by atoms with Crippen LogP contribution < -0.4 is 0 Å². The smallest absolute Gasteiger partial charge is 0.115 e. The molecule has 1 saturated heterocycles. The SMILES string of the molecule is Oc1ccc(C2CCN(Cc3cncc(Cl)c3)CC2)cc1. The molecule has 2 aromatic rings. The maximum absolute atomic E-state index is 9.36. The van der Waals surface area contributed by atoms with E-state index in [1.165, 1.54) is 11.1 Å². The highest BCUT2D eigenvalue weighted by molar-refractivity contribution is 6.30. The third kappa shape index (κ3) is 3.74. The molecular weight excluding hydrogens is 284 g/mol. The minimum Gasteiger partial charge on any atom is -0.508 e. The quantitative estimate of drug-likeness (QED) is 0.936. The topological polar surface area (TPSA) is 36.4 Å². The summed E-state index contributed by atoms with van der Waals surface area (Å²) in [6.45, 7) is 3.08. The summed E-state index contributed by atoms with van der Waals surface area (Å²) >= 11 is 5.98. The van der Waals surface area contributed by atoms with E-state index in [0.717, 1.165) is 32.5 Å². The van der Waals surface area contributed by atoms with Gasteiger partial charge in [0.25, 0.3) is 0 Å². The van der Waals surface area contributed by atoms with Crippen LogP contribution in [-0.4, -0.2) is 28.1 Å². The van der Waals surface area contributed by atoms with Crippen LogP contribution in [-0.2, 0) is 6.54 Å². The average molecular weight is 303 g/mol. The van der Waals surface area contributed by atoms with Crippen LogP contribution in [0.4, 0.5) is 0 Å². The molecule has 3 nitrogen and oxygen atoms in total. The molecule has 1 aromatic heterocycles. The van der Waals surface area contributed by atoms with Crippen molar-refractivity contribution < 1.29 is 5.11 Å². The first-order chi connectivity index (χ1) is 10.2. The van der Waals surface area contributed by atoms with Gasteiger partial charge in [0.05, 0.1) is 5.02 Å². The van der Waals surface area contributed by atoms with Gasteiger partial charge in [0.2, 0.25) is 0 Å². The molecule has 1 aliphatic heterocycles. The Morgan fingerprint density at radius 1 is 1.14 bits per heavy atom. The van der Waals surface area contributed by atoms with E-state index < -0.39 is 0 Å². The van der Waals surface area contributed by atoms with Crippen LogP contribution in [0, 0.1) is 0 Å². The van der Waals surface area contributed by atoms with E-state index >= 15 is 0 Å². The number of aromatic nitrogens is 1. The molecule has 1 aromatic carbocycles. The lowest BCUT2D eigenvalue weighted by molar-refractivity contribution is 0.204. The van der Waals surface area contributed by atoms with Gasteiger partial charge in [-0.15, -0.1) is 0 Å². The van der Waals surface area contributed by atoms with Crippen molar-refractivity contribution in [3.63, 3.8) is 0 Å². The predicted octanol–water partition coefficient (Wildman–Crippen LogP) is 3.82. The number of aromatic hydroxyl groups is 1. The Bertz CT molecular complexity index is 592. The molecule has 0 amide bonds. The molecule has 21 heavy (non-hydrogen) atoms. The number of benzene rings is 1. The minimum absolute atomic E-state index is 0.338. The van der Waals surface area contributed by atoms with E-state index in [2.05, 4.69) is 9.88 Å². The summed E-state index contributed by atoms with van der Waals surface area (Å²) in [5, 5.41) is 10.1. The Morgan fingerprint density at radius 3 is 2.52 bits per heavy atom. The molecule has 0 unspecified atom stereocenters. The molecule has 110 valence electrons. The second-order valence-corrected chi connectivity index (χ2v) is 6.09. The fraction of sp³-hybridized carbons (Fsp3) is 0.353. The first-order valence-corrected chi connectivity index (χ1v) is 7.69. The summed E-state index contributed by atoms with van der Waals surface area (Å²) in [5.41, 5.74) is 2.50. The minimum atomic E-state index is 0.338. The zero-order chi connectivity index (χ0) is 14.7. The summed E-state index contributed by atoms with van der Waals surface area (Å²) in [7, 11) is 0. The molecule has 4 heteroatoms. The number of hydrogen-bond donors (Lipinski definition) is 1. The Hall–Kier alpha value is -1.58. The Labute approximate surface area is 130 Å². The second-order valence-electron chi connectivity index (χ2n) is 5.65. The van der Waals surface area contributed by atoms with Crippen molar-refractivity contribution in [2.75, 3.05) is 13.1 Å². The Morgan fingerprint density at radius 2 is 1.86 bits per heavy atom. The van der Waals surface area contributed by atoms with Gasteiger partial charge in [0, 0.05) is 18.9 Å². The third-order valence-corrected chi connectivity index (χ3v) is 4.33. The molecule has 0 saturated carbocycles. The highest BCUT2D eigenvalue weighted by atomic mass is 35.5. The number of nitrogens with zero attached hydrogens (tertiary/aromatic N) is 2. The summed E-state index contributed by atoms with van der Waals surface area (Å²) in [4.78, 5) is 6.59. The van der Waals surface area contributed by atoms with Crippen molar-refractivity contribution >= 4 is 11.6 Å². The number of piperidine rings is 1. The van der Waals surface area contributed by atoms with Crippen LogP contribution in [0.15, 0.2) is 42.7 Å². The lowest BCUT2D eigenvalue weighted by Crippen LogP contribution is -2.32. The molecule has 3 rings (SSSR count). The summed E-state index contributed by atoms with van der Waals surface area (Å²) in [6.07, 6.45) is 5.86. The van der Waals surface area contributed by atoms with Gasteiger partial charge in [-0.25, -0.2) is 0 Å². The van der Waals surface area contributed by atoms with Crippen molar-refractivity contribution in [3.8, 4) is 5.75 Å². The molecule has 1 fully saturated rings. The lowest BCUT2D eigenvalue weighted by Gasteiger charge is -2.32. The Kier molecular flexibility index (Phi) is 4.42. The molecule has 0 bridgehead atoms. The van der Waals surface area contributed by atoms with Crippen LogP contribution in [0.25, 0.3) is 0 Å². The van der Waals surface area contributed by atoms with Crippen LogP contribution >= 0.6 is 11.6 Å². The van der Waals surface area contributed by atoms with Crippen molar-refractivity contribution in [1.82, 2.24) is 9.88 Å². The number of halogens is 1. The van der Waals surface area contributed by atoms with Crippen molar-refractivity contribution in [3.05, 3.63) is 58.9 Å². The van der Waals surface area contributed by atoms with E-state index in [1.54, 1.807) is 18.3 Å². The van der Waals surface area contributed by atoms with Gasteiger partial charge in [-0.2, -0.15) is 0 Å². The normalized spacial score (nSPS) is 17.0. The molecule has 1 aliphatic rings. The second kappa shape index (κ2) is 6.46. The molecule has 0 radical (unpaired) electrons. The number of hydrogen-bond acceptors (Lipinski definition) is 3. The number of rotatable bonds is 3. The van der Waals surface area contributed by atoms with Crippen LogP contribution in [0.3, 0.4) is 0 Å². The molecular formula is C17H19ClN2O. The van der Waals surface area contributed by atoms with E-state index in [4.69, 9.17) is 11.6 Å². The monoisotopic (exact) mass is 302 g/mol. The largest absolute Gasteiger partial charge is 0.508 e. The van der Waals surface area contributed by atoms with Gasteiger partial charge in [-0.3, -0.25) is 9.88 Å². The van der Waals surface area contributed by atoms with Crippen LogP contribution in [0.5, 0.6) is 5.75 Å². The highest BCUT2D eigenvalue weighted by Gasteiger charge is 2.20. The summed E-state index contributed by atoms with van der Waals surface area (Å²) in [6, 6.07) is 9.62. The van der Waals surface area contributed by atoms with E-state index in [1.807, 2.05) is 24.4 Å². The van der Waals surface area contributed by atoms with Crippen molar-refractivity contribution in [2.24, 2.45) is 0 Å². The summed E-state index contributed by atoms with van der Waals surface area (Å²) in [5.74, 6) is 0.934. The molecule has 2 heterocycles. The molecule has 0 aliphatic carbocycles. The zero-order valence-corrected chi connectivity index (χ0v) is 12.6. The molecule has 0 spiro atoms. The van der Waals surface area contributed by atoms with Gasteiger partial charge < -0.3 is 5.11 Å². The number of pyridine rings is 1. The first-order valence-electron chi connectivity index (χ1n) is 7.31. The van der Waals surface area contributed by atoms with Gasteiger partial charge in [-0.05, 0) is 61.2 Å². The van der Waals surface area contributed by atoms with Gasteiger partial charge in [-0.1, -0.05) is 23.7 Å². The van der Waals surface area contributed by atoms with Gasteiger partial charge in [0.1, 0.15) is 5.75 Å². The highest BCUT2D eigenvalue weighted by Crippen LogP contribution is 2.29. The maximum atomic E-state index is 9.36. The van der Waals surface area contributed by atoms with Crippen LogP contribution in [0.2, 0.25) is 5.02 Å². The average Bonchev–Trinajstić information content (AvgIpc) is 2.49. The predicted molar refractivity (Wildman–Crippen MR) is 84.6 cm³/mol. The summed E-state index contributed by atoms with van der Waals surface area (Å²) < 4.78 is 0. The maximum Gasteiger partial charge on any atom is 0.115 e. The lowest BCUT2D eigenvalue weighted by atomic mass is 9.89. The standard InChI is InChI=1S/C17H19ClN2O/c18-16-9-13(10-19-11-16)12-20-7-5-15(6-8-20)14-1-3-17(21)4-2-14/h1-4,9-11,15,21H,5-8,12H2. The molecule has 0 atom stereocenters. The number of phenolic OH excluding ortho intramolecular Hbond substituents is 1.